The summed E-state index contributed by atoms with van der Waals surface area (Å²) >= 11 is 0. The predicted octanol–water partition coefficient (Wildman–Crippen LogP) is 5.58. The van der Waals surface area contributed by atoms with Crippen LogP contribution in [0.3, 0.4) is 0 Å². The number of hydrogen-bond donors (Lipinski definition) is 0. The molecule has 1 nitrogen and oxygen atoms in total. The molecule has 1 unspecified atom stereocenters. The standard InChI is InChI=1S/C20H23N/c1-3-10-17(2)20(19-13-8-5-9-14-19)21-16-15-18-11-6-4-7-12-18/h4-9,11-17H,3,10H2,1-2H3/b16-15+,21-20?. The highest BCUT2D eigenvalue weighted by Gasteiger charge is 2.11. The molecule has 0 aromatic heterocycles. The minimum Gasteiger partial charge on any atom is -0.260 e. The summed E-state index contributed by atoms with van der Waals surface area (Å²) in [5, 5.41) is 0. The lowest BCUT2D eigenvalue weighted by molar-refractivity contribution is 0.667. The summed E-state index contributed by atoms with van der Waals surface area (Å²) in [6.45, 7) is 4.48. The number of rotatable bonds is 6. The molecule has 0 fully saturated rings. The van der Waals surface area contributed by atoms with Crippen molar-refractivity contribution in [1.29, 1.82) is 0 Å². The van der Waals surface area contributed by atoms with Gasteiger partial charge < -0.3 is 0 Å². The second-order valence-corrected chi connectivity index (χ2v) is 5.30. The summed E-state index contributed by atoms with van der Waals surface area (Å²) in [7, 11) is 0. The van der Waals surface area contributed by atoms with Crippen LogP contribution in [0.4, 0.5) is 0 Å². The zero-order valence-electron chi connectivity index (χ0n) is 12.9. The molecule has 0 heterocycles. The van der Waals surface area contributed by atoms with E-state index in [1.165, 1.54) is 23.3 Å². The molecule has 0 bridgehead atoms. The molecule has 0 N–H and O–H groups in total. The van der Waals surface area contributed by atoms with Crippen molar-refractivity contribution < 1.29 is 0 Å². The van der Waals surface area contributed by atoms with E-state index in [4.69, 9.17) is 4.99 Å². The van der Waals surface area contributed by atoms with Gasteiger partial charge in [-0.1, -0.05) is 80.9 Å². The van der Waals surface area contributed by atoms with Gasteiger partial charge in [-0.2, -0.15) is 0 Å². The molecule has 0 aliphatic rings. The molecule has 1 atom stereocenters. The van der Waals surface area contributed by atoms with E-state index in [0.29, 0.717) is 5.92 Å². The van der Waals surface area contributed by atoms with E-state index >= 15 is 0 Å². The summed E-state index contributed by atoms with van der Waals surface area (Å²) in [6.07, 6.45) is 6.31. The summed E-state index contributed by atoms with van der Waals surface area (Å²) in [5.74, 6) is 0.470. The van der Waals surface area contributed by atoms with Gasteiger partial charge in [-0.25, -0.2) is 0 Å². The van der Waals surface area contributed by atoms with Crippen molar-refractivity contribution in [2.24, 2.45) is 10.9 Å². The largest absolute Gasteiger partial charge is 0.260 e. The van der Waals surface area contributed by atoms with Gasteiger partial charge in [0.2, 0.25) is 0 Å². The molecule has 2 aromatic carbocycles. The Bertz CT molecular complexity index is 582. The number of benzene rings is 2. The molecule has 0 radical (unpaired) electrons. The van der Waals surface area contributed by atoms with Crippen LogP contribution in [0.15, 0.2) is 71.9 Å². The van der Waals surface area contributed by atoms with E-state index in [1.807, 2.05) is 30.5 Å². The first kappa shape index (κ1) is 15.2. The lowest BCUT2D eigenvalue weighted by Gasteiger charge is -2.13. The third-order valence-corrected chi connectivity index (χ3v) is 3.54. The van der Waals surface area contributed by atoms with Crippen molar-refractivity contribution >= 4 is 11.8 Å². The molecule has 1 heteroatoms. The molecule has 2 rings (SSSR count). The molecule has 0 saturated heterocycles. The topological polar surface area (TPSA) is 12.4 Å². The van der Waals surface area contributed by atoms with Crippen LogP contribution < -0.4 is 0 Å². The van der Waals surface area contributed by atoms with E-state index in [1.54, 1.807) is 0 Å². The van der Waals surface area contributed by atoms with Crippen LogP contribution in [-0.2, 0) is 0 Å². The Labute approximate surface area is 128 Å². The average Bonchev–Trinajstić information content (AvgIpc) is 2.53. The minimum atomic E-state index is 0.470. The number of hydrogen-bond acceptors (Lipinski definition) is 1. The number of aliphatic imine (C=N–C) groups is 1. The van der Waals surface area contributed by atoms with Crippen LogP contribution in [0, 0.1) is 5.92 Å². The third kappa shape index (κ3) is 4.71. The van der Waals surface area contributed by atoms with E-state index < -0.39 is 0 Å². The van der Waals surface area contributed by atoms with Gasteiger partial charge in [-0.05, 0) is 29.5 Å². The summed E-state index contributed by atoms with van der Waals surface area (Å²) in [5.41, 5.74) is 3.57. The van der Waals surface area contributed by atoms with Crippen molar-refractivity contribution in [3.05, 3.63) is 78.0 Å². The van der Waals surface area contributed by atoms with Gasteiger partial charge in [0.1, 0.15) is 0 Å². The van der Waals surface area contributed by atoms with Gasteiger partial charge in [-0.15, -0.1) is 0 Å². The Morgan fingerprint density at radius 1 is 1.00 bits per heavy atom. The fourth-order valence-corrected chi connectivity index (χ4v) is 2.43. The van der Waals surface area contributed by atoms with Crippen molar-refractivity contribution in [3.63, 3.8) is 0 Å². The van der Waals surface area contributed by atoms with E-state index in [2.05, 4.69) is 56.3 Å². The molecule has 0 spiro atoms. The Morgan fingerprint density at radius 2 is 1.62 bits per heavy atom. The summed E-state index contributed by atoms with van der Waals surface area (Å²) in [4.78, 5) is 4.74. The highest BCUT2D eigenvalue weighted by Crippen LogP contribution is 2.15. The lowest BCUT2D eigenvalue weighted by atomic mass is 9.94. The molecule has 108 valence electrons. The van der Waals surface area contributed by atoms with Gasteiger partial charge in [-0.3, -0.25) is 4.99 Å². The van der Waals surface area contributed by atoms with E-state index in [-0.39, 0.29) is 0 Å². The minimum absolute atomic E-state index is 0.470. The summed E-state index contributed by atoms with van der Waals surface area (Å²) in [6, 6.07) is 20.8. The molecule has 0 aliphatic carbocycles. The van der Waals surface area contributed by atoms with Crippen molar-refractivity contribution in [3.8, 4) is 0 Å². The maximum Gasteiger partial charge on any atom is 0.0503 e. The third-order valence-electron chi connectivity index (χ3n) is 3.54. The first-order valence-electron chi connectivity index (χ1n) is 7.66. The SMILES string of the molecule is CCCC(C)C(=N/C=C/c1ccccc1)c1ccccc1. The van der Waals surface area contributed by atoms with Crippen LogP contribution in [0.2, 0.25) is 0 Å². The summed E-state index contributed by atoms with van der Waals surface area (Å²) < 4.78 is 0. The molecular weight excluding hydrogens is 254 g/mol. The zero-order chi connectivity index (χ0) is 14.9. The quantitative estimate of drug-likeness (QED) is 0.611. The molecule has 0 saturated carbocycles. The lowest BCUT2D eigenvalue weighted by Crippen LogP contribution is -2.12. The highest BCUT2D eigenvalue weighted by atomic mass is 14.7. The monoisotopic (exact) mass is 277 g/mol. The molecular formula is C20H23N. The predicted molar refractivity (Wildman–Crippen MR) is 92.5 cm³/mol. The fourth-order valence-electron chi connectivity index (χ4n) is 2.43. The van der Waals surface area contributed by atoms with Crippen molar-refractivity contribution in [2.45, 2.75) is 26.7 Å². The molecule has 0 aliphatic heterocycles. The Kier molecular flexibility index (Phi) is 5.96. The maximum atomic E-state index is 4.74. The first-order valence-corrected chi connectivity index (χ1v) is 7.66. The van der Waals surface area contributed by atoms with Gasteiger partial charge in [0, 0.05) is 6.20 Å². The first-order chi connectivity index (χ1) is 10.3. The molecule has 2 aromatic rings. The molecule has 21 heavy (non-hydrogen) atoms. The van der Waals surface area contributed by atoms with Crippen molar-refractivity contribution in [1.82, 2.24) is 0 Å². The smallest absolute Gasteiger partial charge is 0.0503 e. The Hall–Kier alpha value is -2.15. The normalized spacial score (nSPS) is 13.5. The highest BCUT2D eigenvalue weighted by molar-refractivity contribution is 6.02. The van der Waals surface area contributed by atoms with Crippen LogP contribution in [0.5, 0.6) is 0 Å². The maximum absolute atomic E-state index is 4.74. The number of nitrogens with zero attached hydrogens (tertiary/aromatic N) is 1. The van der Waals surface area contributed by atoms with Crippen LogP contribution in [0.25, 0.3) is 6.08 Å². The van der Waals surface area contributed by atoms with Crippen LogP contribution in [-0.4, -0.2) is 5.71 Å². The average molecular weight is 277 g/mol. The van der Waals surface area contributed by atoms with Crippen molar-refractivity contribution in [2.75, 3.05) is 0 Å². The van der Waals surface area contributed by atoms with Gasteiger partial charge in [0.05, 0.1) is 5.71 Å². The molecule has 0 amide bonds. The van der Waals surface area contributed by atoms with Gasteiger partial charge in [0.15, 0.2) is 0 Å². The van der Waals surface area contributed by atoms with Gasteiger partial charge in [0.25, 0.3) is 0 Å². The second kappa shape index (κ2) is 8.21. The van der Waals surface area contributed by atoms with Crippen LogP contribution in [0.1, 0.15) is 37.8 Å². The van der Waals surface area contributed by atoms with E-state index in [0.717, 1.165) is 6.42 Å². The second-order valence-electron chi connectivity index (χ2n) is 5.30. The van der Waals surface area contributed by atoms with Gasteiger partial charge >= 0.3 is 0 Å². The Balaban J connectivity index is 2.23. The zero-order valence-corrected chi connectivity index (χ0v) is 12.9. The fraction of sp³-hybridized carbons (Fsp3) is 0.250. The van der Waals surface area contributed by atoms with E-state index in [9.17, 15) is 0 Å². The Morgan fingerprint density at radius 3 is 2.24 bits per heavy atom. The van der Waals surface area contributed by atoms with Crippen LogP contribution >= 0.6 is 0 Å².